The number of nitrogens with one attached hydrogen (secondary N) is 2. The number of rotatable bonds is 5. The van der Waals surface area contributed by atoms with Crippen LogP contribution in [0.1, 0.15) is 16.8 Å². The Balaban J connectivity index is 2.96. The highest BCUT2D eigenvalue weighted by Crippen LogP contribution is 2.20. The maximum atomic E-state index is 13.0. The van der Waals surface area contributed by atoms with Gasteiger partial charge < -0.3 is 15.7 Å². The number of aromatic carboxylic acids is 1. The third kappa shape index (κ3) is 3.49. The van der Waals surface area contributed by atoms with Crippen molar-refractivity contribution in [2.75, 3.05) is 18.9 Å². The van der Waals surface area contributed by atoms with Gasteiger partial charge in [0.25, 0.3) is 0 Å². The van der Waals surface area contributed by atoms with Crippen molar-refractivity contribution in [1.29, 1.82) is 0 Å². The van der Waals surface area contributed by atoms with E-state index in [0.29, 0.717) is 18.7 Å². The summed E-state index contributed by atoms with van der Waals surface area (Å²) in [4.78, 5) is 22.2. The first-order valence-corrected chi connectivity index (χ1v) is 5.12. The number of carboxylic acid groups (broad SMARTS) is 1. The molecule has 7 heteroatoms. The Kier molecular flexibility index (Phi) is 4.73. The van der Waals surface area contributed by atoms with Gasteiger partial charge in [0.05, 0.1) is 11.3 Å². The standard InChI is InChI=1S/C11H12F2N2O3/c1-14-3-2-10(16)15-9-5-8(13)7(12)4-6(9)11(17)18/h4-5,14H,2-3H2,1H3,(H,15,16)(H,17,18). The zero-order valence-electron chi connectivity index (χ0n) is 9.59. The minimum atomic E-state index is -1.45. The Morgan fingerprint density at radius 2 is 1.89 bits per heavy atom. The van der Waals surface area contributed by atoms with E-state index in [4.69, 9.17) is 5.11 Å². The average Bonchev–Trinajstić information content (AvgIpc) is 2.30. The van der Waals surface area contributed by atoms with Gasteiger partial charge in [0.2, 0.25) is 5.91 Å². The number of carbonyl (C=O) groups is 2. The van der Waals surface area contributed by atoms with Crippen LogP contribution in [0, 0.1) is 11.6 Å². The van der Waals surface area contributed by atoms with E-state index in [1.165, 1.54) is 0 Å². The smallest absolute Gasteiger partial charge is 0.337 e. The van der Waals surface area contributed by atoms with Crippen LogP contribution in [0.15, 0.2) is 12.1 Å². The topological polar surface area (TPSA) is 78.4 Å². The molecule has 0 aliphatic rings. The van der Waals surface area contributed by atoms with Crippen molar-refractivity contribution < 1.29 is 23.5 Å². The summed E-state index contributed by atoms with van der Waals surface area (Å²) in [6.07, 6.45) is 0.0918. The van der Waals surface area contributed by atoms with Gasteiger partial charge in [0.1, 0.15) is 0 Å². The molecule has 98 valence electrons. The molecule has 0 atom stereocenters. The molecular weight excluding hydrogens is 246 g/mol. The molecule has 1 aromatic rings. The number of hydrogen-bond donors (Lipinski definition) is 3. The van der Waals surface area contributed by atoms with Crippen LogP contribution in [0.2, 0.25) is 0 Å². The molecule has 0 bridgehead atoms. The van der Waals surface area contributed by atoms with E-state index in [2.05, 4.69) is 10.6 Å². The molecule has 0 heterocycles. The van der Waals surface area contributed by atoms with E-state index >= 15 is 0 Å². The fraction of sp³-hybridized carbons (Fsp3) is 0.273. The molecule has 0 saturated heterocycles. The van der Waals surface area contributed by atoms with Gasteiger partial charge in [0.15, 0.2) is 11.6 Å². The Morgan fingerprint density at radius 1 is 1.28 bits per heavy atom. The van der Waals surface area contributed by atoms with Gasteiger partial charge in [-0.3, -0.25) is 4.79 Å². The third-order valence-corrected chi connectivity index (χ3v) is 2.17. The number of carbonyl (C=O) groups excluding carboxylic acids is 1. The lowest BCUT2D eigenvalue weighted by molar-refractivity contribution is -0.116. The fourth-order valence-electron chi connectivity index (χ4n) is 1.28. The van der Waals surface area contributed by atoms with E-state index < -0.39 is 29.1 Å². The normalized spacial score (nSPS) is 10.2. The van der Waals surface area contributed by atoms with E-state index in [1.807, 2.05) is 0 Å². The van der Waals surface area contributed by atoms with E-state index in [1.54, 1.807) is 7.05 Å². The van der Waals surface area contributed by atoms with Gasteiger partial charge in [0, 0.05) is 19.0 Å². The minimum Gasteiger partial charge on any atom is -0.478 e. The highest BCUT2D eigenvalue weighted by Gasteiger charge is 2.16. The van der Waals surface area contributed by atoms with Crippen LogP contribution in [-0.2, 0) is 4.79 Å². The van der Waals surface area contributed by atoms with E-state index in [0.717, 1.165) is 0 Å². The summed E-state index contributed by atoms with van der Waals surface area (Å²) in [5.74, 6) is -4.43. The van der Waals surface area contributed by atoms with Gasteiger partial charge in [-0.1, -0.05) is 0 Å². The number of carboxylic acids is 1. The van der Waals surface area contributed by atoms with E-state index in [-0.39, 0.29) is 12.1 Å². The zero-order chi connectivity index (χ0) is 13.7. The molecule has 1 aromatic carbocycles. The summed E-state index contributed by atoms with van der Waals surface area (Å²) >= 11 is 0. The first-order valence-electron chi connectivity index (χ1n) is 5.12. The maximum Gasteiger partial charge on any atom is 0.337 e. The van der Waals surface area contributed by atoms with Crippen molar-refractivity contribution in [3.63, 3.8) is 0 Å². The third-order valence-electron chi connectivity index (χ3n) is 2.17. The Labute approximate surface area is 102 Å². The van der Waals surface area contributed by atoms with Crippen LogP contribution in [0.3, 0.4) is 0 Å². The quantitative estimate of drug-likeness (QED) is 0.741. The predicted octanol–water partition coefficient (Wildman–Crippen LogP) is 1.21. The minimum absolute atomic E-state index is 0.0918. The van der Waals surface area contributed by atoms with Gasteiger partial charge in [-0.2, -0.15) is 0 Å². The van der Waals surface area contributed by atoms with Crippen LogP contribution in [0.4, 0.5) is 14.5 Å². The number of benzene rings is 1. The Hall–Kier alpha value is -2.02. The second-order valence-electron chi connectivity index (χ2n) is 3.52. The average molecular weight is 258 g/mol. The molecule has 0 aliphatic carbocycles. The summed E-state index contributed by atoms with van der Waals surface area (Å²) in [7, 11) is 1.65. The van der Waals surface area contributed by atoms with Gasteiger partial charge in [-0.05, 0) is 13.1 Å². The SMILES string of the molecule is CNCCC(=O)Nc1cc(F)c(F)cc1C(=O)O. The van der Waals surface area contributed by atoms with Crippen molar-refractivity contribution >= 4 is 17.6 Å². The number of anilines is 1. The first-order chi connectivity index (χ1) is 8.45. The van der Waals surface area contributed by atoms with Crippen LogP contribution >= 0.6 is 0 Å². The van der Waals surface area contributed by atoms with Gasteiger partial charge >= 0.3 is 5.97 Å². The van der Waals surface area contributed by atoms with Crippen molar-refractivity contribution in [2.24, 2.45) is 0 Å². The summed E-state index contributed by atoms with van der Waals surface area (Å²) in [5.41, 5.74) is -0.755. The number of halogens is 2. The van der Waals surface area contributed by atoms with Crippen LogP contribution in [-0.4, -0.2) is 30.6 Å². The van der Waals surface area contributed by atoms with Crippen molar-refractivity contribution in [3.8, 4) is 0 Å². The Bertz CT molecular complexity index is 478. The van der Waals surface area contributed by atoms with Crippen LogP contribution in [0.5, 0.6) is 0 Å². The molecular formula is C11H12F2N2O3. The van der Waals surface area contributed by atoms with Crippen molar-refractivity contribution in [1.82, 2.24) is 5.32 Å². The van der Waals surface area contributed by atoms with Gasteiger partial charge in [-0.15, -0.1) is 0 Å². The lowest BCUT2D eigenvalue weighted by Crippen LogP contribution is -2.20. The molecule has 0 radical (unpaired) electrons. The molecule has 3 N–H and O–H groups in total. The molecule has 0 aromatic heterocycles. The highest BCUT2D eigenvalue weighted by atomic mass is 19.2. The molecule has 0 aliphatic heterocycles. The van der Waals surface area contributed by atoms with Gasteiger partial charge in [-0.25, -0.2) is 13.6 Å². The molecule has 0 saturated carbocycles. The monoisotopic (exact) mass is 258 g/mol. The van der Waals surface area contributed by atoms with Crippen molar-refractivity contribution in [3.05, 3.63) is 29.3 Å². The van der Waals surface area contributed by atoms with Crippen molar-refractivity contribution in [2.45, 2.75) is 6.42 Å². The van der Waals surface area contributed by atoms with E-state index in [9.17, 15) is 18.4 Å². The largest absolute Gasteiger partial charge is 0.478 e. The molecule has 0 spiro atoms. The van der Waals surface area contributed by atoms with Crippen LogP contribution < -0.4 is 10.6 Å². The Morgan fingerprint density at radius 3 is 2.44 bits per heavy atom. The fourth-order valence-corrected chi connectivity index (χ4v) is 1.28. The summed E-state index contributed by atoms with van der Waals surface area (Å²) < 4.78 is 25.9. The number of amides is 1. The summed E-state index contributed by atoms with van der Waals surface area (Å²) in [6, 6.07) is 1.18. The molecule has 0 fully saturated rings. The second-order valence-corrected chi connectivity index (χ2v) is 3.52. The lowest BCUT2D eigenvalue weighted by atomic mass is 10.1. The molecule has 1 amide bonds. The molecule has 0 unspecified atom stereocenters. The predicted molar refractivity (Wildman–Crippen MR) is 60.5 cm³/mol. The lowest BCUT2D eigenvalue weighted by Gasteiger charge is -2.09. The second kappa shape index (κ2) is 6.06. The maximum absolute atomic E-state index is 13.0. The molecule has 18 heavy (non-hydrogen) atoms. The first kappa shape index (κ1) is 14.0. The summed E-state index contributed by atoms with van der Waals surface area (Å²) in [5, 5.41) is 13.8. The molecule has 5 nitrogen and oxygen atoms in total. The summed E-state index contributed by atoms with van der Waals surface area (Å²) in [6.45, 7) is 0.387. The zero-order valence-corrected chi connectivity index (χ0v) is 9.59. The number of hydrogen-bond acceptors (Lipinski definition) is 3. The highest BCUT2D eigenvalue weighted by molar-refractivity contribution is 6.00. The molecule has 1 rings (SSSR count). The van der Waals surface area contributed by atoms with Crippen LogP contribution in [0.25, 0.3) is 0 Å².